The zero-order valence-electron chi connectivity index (χ0n) is 8.83. The molecular weight excluding hydrogens is 190 g/mol. The fourth-order valence-electron chi connectivity index (χ4n) is 1.84. The molecule has 0 spiro atoms. The molecule has 78 valence electrons. The monoisotopic (exact) mass is 203 g/mol. The first-order chi connectivity index (χ1) is 6.99. The Hall–Kier alpha value is -1.64. The number of carbonyl (C=O) groups is 2. The number of rotatable bonds is 0. The number of amides is 1. The number of hydrogen-bond donors (Lipinski definition) is 1. The third kappa shape index (κ3) is 1.77. The fourth-order valence-corrected chi connectivity index (χ4v) is 1.84. The van der Waals surface area contributed by atoms with Gasteiger partial charge in [0.15, 0.2) is 5.78 Å². The molecule has 3 heteroatoms. The molecule has 1 N–H and O–H groups in total. The molecule has 1 heterocycles. The van der Waals surface area contributed by atoms with Crippen molar-refractivity contribution in [3.8, 4) is 0 Å². The maximum absolute atomic E-state index is 11.9. The molecule has 0 fully saturated rings. The van der Waals surface area contributed by atoms with Gasteiger partial charge in [-0.05, 0) is 19.9 Å². The summed E-state index contributed by atoms with van der Waals surface area (Å²) in [5, 5.41) is 2.84. The molecule has 0 atom stereocenters. The Labute approximate surface area is 88.5 Å². The number of ketones is 1. The minimum atomic E-state index is -0.465. The zero-order chi connectivity index (χ0) is 11.1. The minimum absolute atomic E-state index is 0.0222. The van der Waals surface area contributed by atoms with E-state index in [1.54, 1.807) is 24.3 Å². The van der Waals surface area contributed by atoms with Crippen molar-refractivity contribution in [3.63, 3.8) is 0 Å². The molecule has 1 amide bonds. The van der Waals surface area contributed by atoms with Gasteiger partial charge >= 0.3 is 0 Å². The van der Waals surface area contributed by atoms with Crippen LogP contribution < -0.4 is 5.32 Å². The number of Topliss-reactive ketones (excluding diaryl/α,β-unsaturated/α-hetero) is 1. The maximum atomic E-state index is 11.9. The number of carbonyl (C=O) groups excluding carboxylic acids is 2. The summed E-state index contributed by atoms with van der Waals surface area (Å²) in [6, 6.07) is 6.94. The molecule has 0 radical (unpaired) electrons. The largest absolute Gasteiger partial charge is 0.347 e. The lowest BCUT2D eigenvalue weighted by molar-refractivity contribution is 0.0902. The first-order valence-electron chi connectivity index (χ1n) is 4.94. The van der Waals surface area contributed by atoms with E-state index in [2.05, 4.69) is 5.32 Å². The van der Waals surface area contributed by atoms with Gasteiger partial charge in [0.05, 0.1) is 5.56 Å². The predicted octanol–water partition coefficient (Wildman–Crippen LogP) is 1.78. The average Bonchev–Trinajstić information content (AvgIpc) is 2.23. The molecule has 0 aliphatic carbocycles. The van der Waals surface area contributed by atoms with Crippen molar-refractivity contribution in [3.05, 3.63) is 35.4 Å². The summed E-state index contributed by atoms with van der Waals surface area (Å²) >= 11 is 0. The molecule has 2 rings (SSSR count). The lowest BCUT2D eigenvalue weighted by Crippen LogP contribution is -2.42. The number of hydrogen-bond acceptors (Lipinski definition) is 2. The van der Waals surface area contributed by atoms with E-state index in [-0.39, 0.29) is 11.7 Å². The molecule has 1 aliphatic heterocycles. The Balaban J connectivity index is 2.55. The molecule has 0 saturated carbocycles. The minimum Gasteiger partial charge on any atom is -0.347 e. The van der Waals surface area contributed by atoms with E-state index in [1.165, 1.54) is 0 Å². The fraction of sp³-hybridized carbons (Fsp3) is 0.333. The third-order valence-corrected chi connectivity index (χ3v) is 2.53. The Morgan fingerprint density at radius 3 is 2.40 bits per heavy atom. The lowest BCUT2D eigenvalue weighted by atomic mass is 9.95. The van der Waals surface area contributed by atoms with Crippen molar-refractivity contribution in [2.75, 3.05) is 0 Å². The van der Waals surface area contributed by atoms with Crippen LogP contribution in [0.25, 0.3) is 0 Å². The molecule has 1 aromatic rings. The SMILES string of the molecule is CC1(C)CC(=O)c2ccccc2C(=O)N1. The maximum Gasteiger partial charge on any atom is 0.252 e. The second kappa shape index (κ2) is 3.19. The highest BCUT2D eigenvalue weighted by Gasteiger charge is 2.31. The normalized spacial score (nSPS) is 19.1. The average molecular weight is 203 g/mol. The van der Waals surface area contributed by atoms with Gasteiger partial charge in [-0.1, -0.05) is 18.2 Å². The topological polar surface area (TPSA) is 46.2 Å². The van der Waals surface area contributed by atoms with Crippen LogP contribution in [0.4, 0.5) is 0 Å². The molecule has 15 heavy (non-hydrogen) atoms. The quantitative estimate of drug-likeness (QED) is 0.698. The van der Waals surface area contributed by atoms with Gasteiger partial charge in [-0.2, -0.15) is 0 Å². The van der Waals surface area contributed by atoms with Crippen LogP contribution >= 0.6 is 0 Å². The van der Waals surface area contributed by atoms with Crippen molar-refractivity contribution >= 4 is 11.7 Å². The van der Waals surface area contributed by atoms with E-state index in [1.807, 2.05) is 13.8 Å². The van der Waals surface area contributed by atoms with E-state index >= 15 is 0 Å². The highest BCUT2D eigenvalue weighted by molar-refractivity contribution is 6.10. The van der Waals surface area contributed by atoms with E-state index in [0.29, 0.717) is 17.5 Å². The standard InChI is InChI=1S/C12H13NO2/c1-12(2)7-10(14)8-5-3-4-6-9(8)11(15)13-12/h3-6H,7H2,1-2H3,(H,13,15). The third-order valence-electron chi connectivity index (χ3n) is 2.53. The van der Waals surface area contributed by atoms with Crippen molar-refractivity contribution in [1.82, 2.24) is 5.32 Å². The zero-order valence-corrected chi connectivity index (χ0v) is 8.83. The molecule has 3 nitrogen and oxygen atoms in total. The summed E-state index contributed by atoms with van der Waals surface area (Å²) in [4.78, 5) is 23.7. The van der Waals surface area contributed by atoms with Crippen LogP contribution in [0.2, 0.25) is 0 Å². The summed E-state index contributed by atoms with van der Waals surface area (Å²) < 4.78 is 0. The van der Waals surface area contributed by atoms with E-state index in [4.69, 9.17) is 0 Å². The van der Waals surface area contributed by atoms with Gasteiger partial charge in [-0.25, -0.2) is 0 Å². The second-order valence-corrected chi connectivity index (χ2v) is 4.48. The van der Waals surface area contributed by atoms with Gasteiger partial charge in [0.25, 0.3) is 5.91 Å². The molecule has 0 saturated heterocycles. The van der Waals surface area contributed by atoms with Gasteiger partial charge < -0.3 is 5.32 Å². The van der Waals surface area contributed by atoms with Crippen LogP contribution in [0.3, 0.4) is 0 Å². The summed E-state index contributed by atoms with van der Waals surface area (Å²) in [5.41, 5.74) is 0.543. The Kier molecular flexibility index (Phi) is 2.11. The Bertz CT molecular complexity index is 396. The summed E-state index contributed by atoms with van der Waals surface area (Å²) in [6.07, 6.45) is 0.343. The highest BCUT2D eigenvalue weighted by atomic mass is 16.2. The highest BCUT2D eigenvalue weighted by Crippen LogP contribution is 2.21. The van der Waals surface area contributed by atoms with Crippen molar-refractivity contribution in [1.29, 1.82) is 0 Å². The summed E-state index contributed by atoms with van der Waals surface area (Å²) in [6.45, 7) is 3.71. The van der Waals surface area contributed by atoms with Crippen LogP contribution in [0.1, 0.15) is 41.0 Å². The van der Waals surface area contributed by atoms with Crippen LogP contribution in [0.5, 0.6) is 0 Å². The van der Waals surface area contributed by atoms with Crippen molar-refractivity contribution in [2.45, 2.75) is 25.8 Å². The lowest BCUT2D eigenvalue weighted by Gasteiger charge is -2.22. The molecule has 1 aliphatic rings. The molecular formula is C12H13NO2. The Morgan fingerprint density at radius 1 is 1.13 bits per heavy atom. The summed E-state index contributed by atoms with van der Waals surface area (Å²) in [7, 11) is 0. The van der Waals surface area contributed by atoms with Crippen LogP contribution in [-0.4, -0.2) is 17.2 Å². The molecule has 0 unspecified atom stereocenters. The number of nitrogens with one attached hydrogen (secondary N) is 1. The van der Waals surface area contributed by atoms with Gasteiger partial charge in [-0.3, -0.25) is 9.59 Å². The van der Waals surface area contributed by atoms with E-state index in [9.17, 15) is 9.59 Å². The van der Waals surface area contributed by atoms with Crippen LogP contribution in [-0.2, 0) is 0 Å². The van der Waals surface area contributed by atoms with Crippen molar-refractivity contribution in [2.24, 2.45) is 0 Å². The van der Waals surface area contributed by atoms with E-state index < -0.39 is 5.54 Å². The first kappa shape index (κ1) is 9.90. The predicted molar refractivity (Wildman–Crippen MR) is 56.9 cm³/mol. The Morgan fingerprint density at radius 2 is 1.73 bits per heavy atom. The van der Waals surface area contributed by atoms with Crippen molar-refractivity contribution < 1.29 is 9.59 Å². The van der Waals surface area contributed by atoms with Gasteiger partial charge in [0.2, 0.25) is 0 Å². The molecule has 0 bridgehead atoms. The summed E-state index contributed by atoms with van der Waals surface area (Å²) in [5.74, 6) is -0.143. The van der Waals surface area contributed by atoms with Gasteiger partial charge in [-0.15, -0.1) is 0 Å². The molecule has 1 aromatic carbocycles. The second-order valence-electron chi connectivity index (χ2n) is 4.48. The van der Waals surface area contributed by atoms with E-state index in [0.717, 1.165) is 0 Å². The number of benzene rings is 1. The van der Waals surface area contributed by atoms with Gasteiger partial charge in [0.1, 0.15) is 0 Å². The van der Waals surface area contributed by atoms with Crippen LogP contribution in [0.15, 0.2) is 24.3 Å². The first-order valence-corrected chi connectivity index (χ1v) is 4.94. The smallest absolute Gasteiger partial charge is 0.252 e. The van der Waals surface area contributed by atoms with Crippen LogP contribution in [0, 0.1) is 0 Å². The van der Waals surface area contributed by atoms with Gasteiger partial charge in [0, 0.05) is 17.5 Å². The number of fused-ring (bicyclic) bond motifs is 1. The molecule has 0 aromatic heterocycles.